The molecule has 0 saturated heterocycles. The smallest absolute Gasteiger partial charge is 0.319 e. The molecule has 122 valence electrons. The summed E-state index contributed by atoms with van der Waals surface area (Å²) in [6, 6.07) is 17.9. The van der Waals surface area contributed by atoms with Crippen molar-refractivity contribution in [2.24, 2.45) is 0 Å². The number of carbonyl (C=O) groups is 1. The zero-order valence-corrected chi connectivity index (χ0v) is 14.4. The van der Waals surface area contributed by atoms with Crippen molar-refractivity contribution in [3.05, 3.63) is 54.6 Å². The van der Waals surface area contributed by atoms with Crippen LogP contribution in [0.5, 0.6) is 0 Å². The van der Waals surface area contributed by atoms with Crippen molar-refractivity contribution in [3.8, 4) is 0 Å². The van der Waals surface area contributed by atoms with Gasteiger partial charge in [-0.15, -0.1) is 11.8 Å². The predicted molar refractivity (Wildman–Crippen MR) is 99.6 cm³/mol. The van der Waals surface area contributed by atoms with Crippen LogP contribution in [-0.4, -0.2) is 32.4 Å². The molecule has 2 rings (SSSR count). The number of thioether (sulfide) groups is 1. The average molecular weight is 329 g/mol. The number of rotatable bonds is 7. The fourth-order valence-electron chi connectivity index (χ4n) is 2.18. The van der Waals surface area contributed by atoms with Crippen LogP contribution in [0.3, 0.4) is 0 Å². The van der Waals surface area contributed by atoms with Crippen molar-refractivity contribution < 1.29 is 4.79 Å². The molecule has 4 nitrogen and oxygen atoms in total. The number of carbonyl (C=O) groups excluding carboxylic acids is 1. The number of hydrogen-bond acceptors (Lipinski definition) is 3. The molecule has 0 aromatic heterocycles. The van der Waals surface area contributed by atoms with E-state index < -0.39 is 0 Å². The number of benzene rings is 2. The Balaban J connectivity index is 1.66. The molecule has 0 aliphatic carbocycles. The van der Waals surface area contributed by atoms with Gasteiger partial charge in [0, 0.05) is 36.4 Å². The lowest BCUT2D eigenvalue weighted by Crippen LogP contribution is -2.31. The summed E-state index contributed by atoms with van der Waals surface area (Å²) in [7, 11) is 2.06. The van der Waals surface area contributed by atoms with Crippen LogP contribution in [0.4, 0.5) is 16.2 Å². The Bertz CT molecular complexity index is 601. The Hall–Kier alpha value is -2.14. The molecule has 0 spiro atoms. The summed E-state index contributed by atoms with van der Waals surface area (Å²) in [6.07, 6.45) is 2.92. The predicted octanol–water partition coefficient (Wildman–Crippen LogP) is 4.06. The summed E-state index contributed by atoms with van der Waals surface area (Å²) in [5, 5.41) is 5.72. The number of para-hydroxylation sites is 1. The van der Waals surface area contributed by atoms with Crippen LogP contribution in [0.1, 0.15) is 6.42 Å². The summed E-state index contributed by atoms with van der Waals surface area (Å²) in [6.45, 7) is 1.54. The number of hydrogen-bond donors (Lipinski definition) is 2. The standard InChI is InChI=1S/C18H23N3OS/c1-21(16-7-4-3-5-8-16)14-6-13-19-18(22)20-15-9-11-17(23-2)12-10-15/h3-5,7-12H,6,13-14H2,1-2H3,(H2,19,20,22). The lowest BCUT2D eigenvalue weighted by molar-refractivity contribution is 0.252. The van der Waals surface area contributed by atoms with E-state index in [1.54, 1.807) is 11.8 Å². The van der Waals surface area contributed by atoms with E-state index >= 15 is 0 Å². The molecule has 2 aromatic carbocycles. The van der Waals surface area contributed by atoms with Gasteiger partial charge in [-0.2, -0.15) is 0 Å². The van der Waals surface area contributed by atoms with Gasteiger partial charge in [-0.3, -0.25) is 0 Å². The molecule has 0 aliphatic heterocycles. The van der Waals surface area contributed by atoms with Crippen molar-refractivity contribution in [1.82, 2.24) is 5.32 Å². The Labute approximate surface area is 142 Å². The van der Waals surface area contributed by atoms with E-state index in [-0.39, 0.29) is 6.03 Å². The van der Waals surface area contributed by atoms with Crippen LogP contribution in [0.25, 0.3) is 0 Å². The van der Waals surface area contributed by atoms with Gasteiger partial charge < -0.3 is 15.5 Å². The largest absolute Gasteiger partial charge is 0.375 e. The molecule has 0 radical (unpaired) electrons. The highest BCUT2D eigenvalue weighted by Gasteiger charge is 2.03. The molecule has 2 amide bonds. The minimum atomic E-state index is -0.163. The second kappa shape index (κ2) is 9.10. The van der Waals surface area contributed by atoms with Gasteiger partial charge in [0.05, 0.1) is 0 Å². The van der Waals surface area contributed by atoms with E-state index in [1.165, 1.54) is 10.6 Å². The summed E-state index contributed by atoms with van der Waals surface area (Å²) in [5.41, 5.74) is 1.99. The molecule has 0 bridgehead atoms. The molecule has 0 heterocycles. The molecule has 23 heavy (non-hydrogen) atoms. The maximum absolute atomic E-state index is 11.8. The third kappa shape index (κ3) is 5.87. The fourth-order valence-corrected chi connectivity index (χ4v) is 2.59. The SMILES string of the molecule is CSc1ccc(NC(=O)NCCCN(C)c2ccccc2)cc1. The van der Waals surface area contributed by atoms with Crippen molar-refractivity contribution >= 4 is 29.2 Å². The summed E-state index contributed by atoms with van der Waals surface area (Å²) < 4.78 is 0. The highest BCUT2D eigenvalue weighted by molar-refractivity contribution is 7.98. The molecular formula is C18H23N3OS. The van der Waals surface area contributed by atoms with Gasteiger partial charge in [-0.25, -0.2) is 4.79 Å². The van der Waals surface area contributed by atoms with E-state index in [9.17, 15) is 4.79 Å². The Morgan fingerprint density at radius 2 is 1.78 bits per heavy atom. The van der Waals surface area contributed by atoms with Crippen LogP contribution < -0.4 is 15.5 Å². The number of anilines is 2. The molecule has 0 fully saturated rings. The van der Waals surface area contributed by atoms with Gasteiger partial charge in [0.2, 0.25) is 0 Å². The molecular weight excluding hydrogens is 306 g/mol. The molecule has 2 aromatic rings. The van der Waals surface area contributed by atoms with Crippen molar-refractivity contribution in [3.63, 3.8) is 0 Å². The van der Waals surface area contributed by atoms with Crippen LogP contribution in [-0.2, 0) is 0 Å². The summed E-state index contributed by atoms with van der Waals surface area (Å²) >= 11 is 1.68. The minimum absolute atomic E-state index is 0.163. The van der Waals surface area contributed by atoms with Crippen molar-refractivity contribution in [1.29, 1.82) is 0 Å². The van der Waals surface area contributed by atoms with E-state index in [4.69, 9.17) is 0 Å². The van der Waals surface area contributed by atoms with Gasteiger partial charge in [-0.05, 0) is 49.1 Å². The van der Waals surface area contributed by atoms with E-state index in [0.717, 1.165) is 18.7 Å². The number of urea groups is 1. The number of amides is 2. The topological polar surface area (TPSA) is 44.4 Å². The Morgan fingerprint density at radius 1 is 1.09 bits per heavy atom. The third-order valence-electron chi connectivity index (χ3n) is 3.50. The van der Waals surface area contributed by atoms with Crippen LogP contribution >= 0.6 is 11.8 Å². The quantitative estimate of drug-likeness (QED) is 0.595. The molecule has 0 aliphatic rings. The monoisotopic (exact) mass is 329 g/mol. The second-order valence-corrected chi connectivity index (χ2v) is 6.10. The van der Waals surface area contributed by atoms with Crippen LogP contribution in [0.15, 0.2) is 59.5 Å². The first-order chi connectivity index (χ1) is 11.2. The zero-order valence-electron chi connectivity index (χ0n) is 13.6. The maximum Gasteiger partial charge on any atom is 0.319 e. The van der Waals surface area contributed by atoms with E-state index in [2.05, 4.69) is 34.7 Å². The van der Waals surface area contributed by atoms with E-state index in [1.807, 2.05) is 48.7 Å². The van der Waals surface area contributed by atoms with Gasteiger partial charge in [0.1, 0.15) is 0 Å². The van der Waals surface area contributed by atoms with E-state index in [0.29, 0.717) is 6.54 Å². The van der Waals surface area contributed by atoms with Gasteiger partial charge in [0.15, 0.2) is 0 Å². The van der Waals surface area contributed by atoms with Crippen molar-refractivity contribution in [2.45, 2.75) is 11.3 Å². The third-order valence-corrected chi connectivity index (χ3v) is 4.24. The lowest BCUT2D eigenvalue weighted by Gasteiger charge is -2.19. The second-order valence-electron chi connectivity index (χ2n) is 5.22. The first-order valence-corrected chi connectivity index (χ1v) is 8.86. The molecule has 0 unspecified atom stereocenters. The maximum atomic E-state index is 11.8. The zero-order chi connectivity index (χ0) is 16.5. The number of nitrogens with zero attached hydrogens (tertiary/aromatic N) is 1. The Kier molecular flexibility index (Phi) is 6.81. The van der Waals surface area contributed by atoms with Crippen LogP contribution in [0.2, 0.25) is 0 Å². The minimum Gasteiger partial charge on any atom is -0.375 e. The Morgan fingerprint density at radius 3 is 2.43 bits per heavy atom. The van der Waals surface area contributed by atoms with Gasteiger partial charge >= 0.3 is 6.03 Å². The fraction of sp³-hybridized carbons (Fsp3) is 0.278. The van der Waals surface area contributed by atoms with Gasteiger partial charge in [-0.1, -0.05) is 18.2 Å². The van der Waals surface area contributed by atoms with Crippen molar-refractivity contribution in [2.75, 3.05) is 36.6 Å². The average Bonchev–Trinajstić information content (AvgIpc) is 2.60. The normalized spacial score (nSPS) is 10.2. The molecule has 0 atom stereocenters. The van der Waals surface area contributed by atoms with Crippen LogP contribution in [0, 0.1) is 0 Å². The molecule has 5 heteroatoms. The lowest BCUT2D eigenvalue weighted by atomic mass is 10.3. The number of nitrogens with one attached hydrogen (secondary N) is 2. The highest BCUT2D eigenvalue weighted by Crippen LogP contribution is 2.17. The molecule has 2 N–H and O–H groups in total. The molecule has 0 saturated carbocycles. The summed E-state index contributed by atoms with van der Waals surface area (Å²) in [4.78, 5) is 15.2. The first kappa shape index (κ1) is 17.2. The highest BCUT2D eigenvalue weighted by atomic mass is 32.2. The summed E-state index contributed by atoms with van der Waals surface area (Å²) in [5.74, 6) is 0. The van der Waals surface area contributed by atoms with Gasteiger partial charge in [0.25, 0.3) is 0 Å². The first-order valence-electron chi connectivity index (χ1n) is 7.64.